The van der Waals surface area contributed by atoms with Crippen molar-refractivity contribution in [1.82, 2.24) is 0 Å². The molecule has 166 valence electrons. The lowest BCUT2D eigenvalue weighted by Gasteiger charge is -2.42. The van der Waals surface area contributed by atoms with Crippen molar-refractivity contribution in [2.75, 3.05) is 13.2 Å². The maximum absolute atomic E-state index is 15.1. The first-order valence-electron chi connectivity index (χ1n) is 11.8. The Bertz CT molecular complexity index is 562. The Labute approximate surface area is 173 Å². The lowest BCUT2D eigenvalue weighted by molar-refractivity contribution is -0.222. The zero-order valence-electron chi connectivity index (χ0n) is 17.9. The summed E-state index contributed by atoms with van der Waals surface area (Å²) in [6.07, 6.45) is 4.90. The van der Waals surface area contributed by atoms with Crippen molar-refractivity contribution in [1.29, 1.82) is 0 Å². The normalized spacial score (nSPS) is 49.5. The van der Waals surface area contributed by atoms with E-state index in [0.29, 0.717) is 37.0 Å². The molecule has 4 aliphatic rings. The molecule has 1 heterocycles. The fourth-order valence-electron chi connectivity index (χ4n) is 6.07. The predicted molar refractivity (Wildman–Crippen MR) is 108 cm³/mol. The lowest BCUT2D eigenvalue weighted by Crippen LogP contribution is -2.41. The van der Waals surface area contributed by atoms with E-state index in [0.717, 1.165) is 45.3 Å². The number of ether oxygens (including phenoxy) is 2. The van der Waals surface area contributed by atoms with E-state index in [9.17, 15) is 8.78 Å². The zero-order chi connectivity index (χ0) is 20.5. The van der Waals surface area contributed by atoms with Crippen molar-refractivity contribution in [3.05, 3.63) is 11.6 Å². The van der Waals surface area contributed by atoms with E-state index in [2.05, 4.69) is 13.0 Å². The van der Waals surface area contributed by atoms with E-state index in [1.54, 1.807) is 6.92 Å². The van der Waals surface area contributed by atoms with E-state index >= 15 is 4.39 Å². The molecule has 29 heavy (non-hydrogen) atoms. The third-order valence-electron chi connectivity index (χ3n) is 8.11. The monoisotopic (exact) mass is 414 g/mol. The summed E-state index contributed by atoms with van der Waals surface area (Å²) < 4.78 is 55.1. The minimum atomic E-state index is -1.13. The summed E-state index contributed by atoms with van der Waals surface area (Å²) in [5, 5.41) is 0. The predicted octanol–water partition coefficient (Wildman–Crippen LogP) is 6.20. The number of rotatable bonds is 3. The third kappa shape index (κ3) is 4.87. The molecule has 2 saturated carbocycles. The first-order valence-corrected chi connectivity index (χ1v) is 11.8. The van der Waals surface area contributed by atoms with Crippen LogP contribution in [0, 0.1) is 35.5 Å². The van der Waals surface area contributed by atoms with Gasteiger partial charge < -0.3 is 9.47 Å². The van der Waals surface area contributed by atoms with Gasteiger partial charge in [-0.05, 0) is 69.1 Å². The summed E-state index contributed by atoms with van der Waals surface area (Å²) in [7, 11) is 0. The summed E-state index contributed by atoms with van der Waals surface area (Å²) in [6, 6.07) is 0. The quantitative estimate of drug-likeness (QED) is 0.512. The van der Waals surface area contributed by atoms with Gasteiger partial charge in [-0.1, -0.05) is 25.5 Å². The van der Waals surface area contributed by atoms with Crippen LogP contribution in [0.25, 0.3) is 0 Å². The van der Waals surface area contributed by atoms with Gasteiger partial charge in [0.2, 0.25) is 0 Å². The van der Waals surface area contributed by atoms with Crippen LogP contribution in [0.5, 0.6) is 0 Å². The number of halogens is 3. The number of hydrogen-bond donors (Lipinski definition) is 0. The van der Waals surface area contributed by atoms with Crippen molar-refractivity contribution in [2.24, 2.45) is 35.5 Å². The van der Waals surface area contributed by atoms with Gasteiger partial charge in [-0.25, -0.2) is 13.2 Å². The van der Waals surface area contributed by atoms with Crippen LogP contribution < -0.4 is 0 Å². The second-order valence-electron chi connectivity index (χ2n) is 10.3. The largest absolute Gasteiger partial charge is 0.352 e. The molecule has 0 amide bonds. The zero-order valence-corrected chi connectivity index (χ0v) is 17.9. The third-order valence-corrected chi connectivity index (χ3v) is 8.11. The first-order chi connectivity index (χ1) is 13.9. The van der Waals surface area contributed by atoms with Crippen LogP contribution in [0.4, 0.5) is 13.2 Å². The van der Waals surface area contributed by atoms with Crippen LogP contribution in [0.15, 0.2) is 11.6 Å². The second kappa shape index (κ2) is 9.30. The minimum Gasteiger partial charge on any atom is -0.352 e. The fourth-order valence-corrected chi connectivity index (χ4v) is 6.07. The van der Waals surface area contributed by atoms with E-state index in [1.165, 1.54) is 5.57 Å². The molecular weight excluding hydrogens is 377 g/mol. The van der Waals surface area contributed by atoms with Gasteiger partial charge in [-0.3, -0.25) is 0 Å². The van der Waals surface area contributed by atoms with Crippen molar-refractivity contribution in [2.45, 2.75) is 90.0 Å². The molecule has 3 fully saturated rings. The average molecular weight is 415 g/mol. The van der Waals surface area contributed by atoms with E-state index in [4.69, 9.17) is 9.47 Å². The van der Waals surface area contributed by atoms with Crippen LogP contribution >= 0.6 is 0 Å². The van der Waals surface area contributed by atoms with Gasteiger partial charge in [-0.2, -0.15) is 0 Å². The SMILES string of the molecule is CC1COC(C2CC=C(C3CCC(C4CC(F)C(C)C(F)C4)C(F)C3)CC2)OC1. The topological polar surface area (TPSA) is 18.5 Å². The highest BCUT2D eigenvalue weighted by Crippen LogP contribution is 2.47. The van der Waals surface area contributed by atoms with Gasteiger partial charge in [0.25, 0.3) is 0 Å². The van der Waals surface area contributed by atoms with Crippen molar-refractivity contribution in [3.63, 3.8) is 0 Å². The molecule has 6 unspecified atom stereocenters. The van der Waals surface area contributed by atoms with E-state index in [-0.39, 0.29) is 18.1 Å². The molecule has 0 aromatic rings. The molecule has 2 nitrogen and oxygen atoms in total. The van der Waals surface area contributed by atoms with Crippen molar-refractivity contribution >= 4 is 0 Å². The smallest absolute Gasteiger partial charge is 0.160 e. The van der Waals surface area contributed by atoms with Crippen LogP contribution in [0.3, 0.4) is 0 Å². The van der Waals surface area contributed by atoms with Crippen LogP contribution in [0.2, 0.25) is 0 Å². The molecule has 0 spiro atoms. The Morgan fingerprint density at radius 1 is 0.828 bits per heavy atom. The van der Waals surface area contributed by atoms with Gasteiger partial charge in [-0.15, -0.1) is 0 Å². The molecule has 3 aliphatic carbocycles. The lowest BCUT2D eigenvalue weighted by atomic mass is 9.66. The fraction of sp³-hybridized carbons (Fsp3) is 0.917. The Morgan fingerprint density at radius 2 is 1.52 bits per heavy atom. The second-order valence-corrected chi connectivity index (χ2v) is 10.3. The van der Waals surface area contributed by atoms with Crippen molar-refractivity contribution < 1.29 is 22.6 Å². The average Bonchev–Trinajstić information content (AvgIpc) is 2.72. The standard InChI is InChI=1S/C24H37F3O2/c1-14-12-28-24(29-13-14)17-5-3-16(4-6-17)18-7-8-20(23(27)9-18)19-10-21(25)15(2)22(26)11-19/h3,14-15,17-24H,4-13H2,1-2H3. The Hall–Kier alpha value is -0.550. The summed E-state index contributed by atoms with van der Waals surface area (Å²) >= 11 is 0. The summed E-state index contributed by atoms with van der Waals surface area (Å²) in [5.74, 6) is 0.306. The number of allylic oxidation sites excluding steroid dienone is 2. The van der Waals surface area contributed by atoms with Gasteiger partial charge in [0.1, 0.15) is 18.5 Å². The highest BCUT2D eigenvalue weighted by Gasteiger charge is 2.43. The number of hydrogen-bond acceptors (Lipinski definition) is 2. The summed E-state index contributed by atoms with van der Waals surface area (Å²) in [6.45, 7) is 5.31. The Balaban J connectivity index is 1.29. The molecule has 0 radical (unpaired) electrons. The molecule has 1 aliphatic heterocycles. The maximum Gasteiger partial charge on any atom is 0.160 e. The number of alkyl halides is 3. The molecule has 0 N–H and O–H groups in total. The first kappa shape index (κ1) is 21.7. The van der Waals surface area contributed by atoms with Gasteiger partial charge >= 0.3 is 0 Å². The minimum absolute atomic E-state index is 0.0929. The van der Waals surface area contributed by atoms with Crippen LogP contribution in [-0.2, 0) is 9.47 Å². The summed E-state index contributed by atoms with van der Waals surface area (Å²) in [4.78, 5) is 0. The Morgan fingerprint density at radius 3 is 2.10 bits per heavy atom. The van der Waals surface area contributed by atoms with Crippen molar-refractivity contribution in [3.8, 4) is 0 Å². The Kier molecular flexibility index (Phi) is 6.95. The molecule has 5 heteroatoms. The van der Waals surface area contributed by atoms with E-state index in [1.807, 2.05) is 0 Å². The van der Waals surface area contributed by atoms with Gasteiger partial charge in [0.05, 0.1) is 13.2 Å². The molecule has 0 bridgehead atoms. The van der Waals surface area contributed by atoms with Gasteiger partial charge in [0.15, 0.2) is 6.29 Å². The van der Waals surface area contributed by atoms with Gasteiger partial charge in [0, 0.05) is 17.8 Å². The highest BCUT2D eigenvalue weighted by atomic mass is 19.1. The van der Waals surface area contributed by atoms with Crippen LogP contribution in [-0.4, -0.2) is 38.0 Å². The molecule has 4 rings (SSSR count). The highest BCUT2D eigenvalue weighted by molar-refractivity contribution is 5.13. The molecular formula is C24H37F3O2. The summed E-state index contributed by atoms with van der Waals surface area (Å²) in [5.41, 5.74) is 1.38. The van der Waals surface area contributed by atoms with E-state index < -0.39 is 24.4 Å². The molecule has 1 saturated heterocycles. The molecule has 0 aromatic heterocycles. The van der Waals surface area contributed by atoms with Crippen LogP contribution in [0.1, 0.15) is 65.2 Å². The molecule has 0 aromatic carbocycles. The molecule has 6 atom stereocenters. The maximum atomic E-state index is 15.1.